The molecule has 0 saturated carbocycles. The van der Waals surface area contributed by atoms with Crippen molar-refractivity contribution in [2.24, 2.45) is 5.73 Å². The van der Waals surface area contributed by atoms with Gasteiger partial charge >= 0.3 is 0 Å². The van der Waals surface area contributed by atoms with Gasteiger partial charge in [-0.2, -0.15) is 0 Å². The lowest BCUT2D eigenvalue weighted by Gasteiger charge is -2.25. The average Bonchev–Trinajstić information content (AvgIpc) is 2.22. The van der Waals surface area contributed by atoms with Gasteiger partial charge in [-0.05, 0) is 24.1 Å². The van der Waals surface area contributed by atoms with E-state index in [4.69, 9.17) is 5.73 Å². The van der Waals surface area contributed by atoms with E-state index in [-0.39, 0.29) is 0 Å². The number of aldehydes is 1. The summed E-state index contributed by atoms with van der Waals surface area (Å²) in [6.45, 7) is 2.33. The lowest BCUT2D eigenvalue weighted by molar-refractivity contribution is -0.112. The maximum atomic E-state index is 11.1. The van der Waals surface area contributed by atoms with E-state index in [9.17, 15) is 4.79 Å². The molecule has 0 radical (unpaired) electrons. The monoisotopic (exact) mass is 255 g/mol. The molecular formula is C11H14BrNO. The fourth-order valence-corrected chi connectivity index (χ4v) is 1.86. The maximum absolute atomic E-state index is 11.1. The Morgan fingerprint density at radius 3 is 2.71 bits per heavy atom. The number of carbonyl (C=O) groups is 1. The van der Waals surface area contributed by atoms with Crippen LogP contribution in [0.25, 0.3) is 0 Å². The molecule has 0 heterocycles. The first-order valence-corrected chi connectivity index (χ1v) is 5.40. The van der Waals surface area contributed by atoms with Crippen LogP contribution in [0, 0.1) is 0 Å². The molecule has 0 fully saturated rings. The molecular weight excluding hydrogens is 242 g/mol. The minimum absolute atomic E-state index is 0.351. The van der Waals surface area contributed by atoms with Gasteiger partial charge in [0.15, 0.2) is 0 Å². The molecule has 1 aromatic carbocycles. The molecule has 0 amide bonds. The summed E-state index contributed by atoms with van der Waals surface area (Å²) in [6, 6.07) is 7.74. The number of carbonyl (C=O) groups excluding carboxylic acids is 1. The Morgan fingerprint density at radius 1 is 1.57 bits per heavy atom. The summed E-state index contributed by atoms with van der Waals surface area (Å²) < 4.78 is 0.975. The number of benzene rings is 1. The molecule has 2 N–H and O–H groups in total. The summed E-state index contributed by atoms with van der Waals surface area (Å²) in [5.74, 6) is 0. The fraction of sp³-hybridized carbons (Fsp3) is 0.364. The van der Waals surface area contributed by atoms with Crippen LogP contribution in [0.15, 0.2) is 28.7 Å². The number of halogens is 1. The highest BCUT2D eigenvalue weighted by atomic mass is 79.9. The van der Waals surface area contributed by atoms with Gasteiger partial charge in [0.2, 0.25) is 0 Å². The number of hydrogen-bond acceptors (Lipinski definition) is 2. The molecule has 0 spiro atoms. The highest BCUT2D eigenvalue weighted by Crippen LogP contribution is 2.26. The highest BCUT2D eigenvalue weighted by Gasteiger charge is 2.28. The van der Waals surface area contributed by atoms with Crippen LogP contribution in [0.5, 0.6) is 0 Å². The zero-order valence-electron chi connectivity index (χ0n) is 8.16. The van der Waals surface area contributed by atoms with Gasteiger partial charge in [-0.25, -0.2) is 0 Å². The minimum atomic E-state index is -0.524. The third kappa shape index (κ3) is 2.04. The first-order valence-electron chi connectivity index (χ1n) is 4.61. The van der Waals surface area contributed by atoms with E-state index in [1.54, 1.807) is 0 Å². The van der Waals surface area contributed by atoms with Crippen LogP contribution in [0.4, 0.5) is 0 Å². The van der Waals surface area contributed by atoms with Gasteiger partial charge in [0, 0.05) is 11.0 Å². The van der Waals surface area contributed by atoms with Gasteiger partial charge in [-0.3, -0.25) is 0 Å². The van der Waals surface area contributed by atoms with Gasteiger partial charge in [0.1, 0.15) is 6.29 Å². The smallest absolute Gasteiger partial charge is 0.131 e. The van der Waals surface area contributed by atoms with Crippen molar-refractivity contribution in [3.63, 3.8) is 0 Å². The molecule has 0 saturated heterocycles. The van der Waals surface area contributed by atoms with Gasteiger partial charge in [0.25, 0.3) is 0 Å². The maximum Gasteiger partial charge on any atom is 0.131 e. The van der Waals surface area contributed by atoms with E-state index >= 15 is 0 Å². The van der Waals surface area contributed by atoms with E-state index < -0.39 is 5.41 Å². The van der Waals surface area contributed by atoms with Crippen molar-refractivity contribution in [3.8, 4) is 0 Å². The Balaban J connectivity index is 3.17. The Labute approximate surface area is 92.6 Å². The Bertz CT molecular complexity index is 321. The molecule has 0 aliphatic rings. The van der Waals surface area contributed by atoms with Crippen molar-refractivity contribution in [1.29, 1.82) is 0 Å². The molecule has 2 nitrogen and oxygen atoms in total. The Hall–Kier alpha value is -0.670. The normalized spacial score (nSPS) is 14.8. The van der Waals surface area contributed by atoms with E-state index in [1.807, 2.05) is 31.2 Å². The second-order valence-electron chi connectivity index (χ2n) is 3.34. The predicted molar refractivity (Wildman–Crippen MR) is 61.2 cm³/mol. The summed E-state index contributed by atoms with van der Waals surface area (Å²) in [5, 5.41) is 0. The molecule has 0 aliphatic carbocycles. The lowest BCUT2D eigenvalue weighted by Crippen LogP contribution is -2.36. The SMILES string of the molecule is CCC(C=O)(CN)c1cccc(Br)c1. The van der Waals surface area contributed by atoms with Crippen molar-refractivity contribution in [1.82, 2.24) is 0 Å². The average molecular weight is 256 g/mol. The first kappa shape index (κ1) is 11.4. The lowest BCUT2D eigenvalue weighted by atomic mass is 9.80. The second kappa shape index (κ2) is 4.71. The Kier molecular flexibility index (Phi) is 3.84. The van der Waals surface area contributed by atoms with Gasteiger partial charge in [-0.1, -0.05) is 35.0 Å². The Morgan fingerprint density at radius 2 is 2.29 bits per heavy atom. The number of hydrogen-bond donors (Lipinski definition) is 1. The van der Waals surface area contributed by atoms with E-state index in [0.717, 1.165) is 22.7 Å². The standard InChI is InChI=1S/C11H14BrNO/c1-2-11(7-13,8-14)9-4-3-5-10(12)6-9/h3-6,8H,2,7,13H2,1H3. The molecule has 0 bridgehead atoms. The van der Waals surface area contributed by atoms with E-state index in [1.165, 1.54) is 0 Å². The number of nitrogens with two attached hydrogens (primary N) is 1. The largest absolute Gasteiger partial charge is 0.329 e. The fourth-order valence-electron chi connectivity index (χ4n) is 1.46. The molecule has 0 aliphatic heterocycles. The van der Waals surface area contributed by atoms with Crippen LogP contribution in [-0.2, 0) is 10.2 Å². The van der Waals surface area contributed by atoms with Crippen molar-refractivity contribution in [2.75, 3.05) is 6.54 Å². The molecule has 1 aromatic rings. The van der Waals surface area contributed by atoms with Crippen LogP contribution in [-0.4, -0.2) is 12.8 Å². The van der Waals surface area contributed by atoms with E-state index in [0.29, 0.717) is 6.54 Å². The topological polar surface area (TPSA) is 43.1 Å². The summed E-state index contributed by atoms with van der Waals surface area (Å²) in [4.78, 5) is 11.1. The predicted octanol–water partition coefficient (Wildman–Crippen LogP) is 2.25. The van der Waals surface area contributed by atoms with Gasteiger partial charge in [0.05, 0.1) is 5.41 Å². The summed E-state index contributed by atoms with van der Waals surface area (Å²) in [6.07, 6.45) is 1.68. The summed E-state index contributed by atoms with van der Waals surface area (Å²) >= 11 is 3.39. The number of rotatable bonds is 4. The zero-order valence-corrected chi connectivity index (χ0v) is 9.75. The molecule has 1 unspecified atom stereocenters. The van der Waals surface area contributed by atoms with Crippen LogP contribution in [0.2, 0.25) is 0 Å². The zero-order chi connectivity index (χ0) is 10.6. The van der Waals surface area contributed by atoms with Crippen molar-refractivity contribution >= 4 is 22.2 Å². The molecule has 14 heavy (non-hydrogen) atoms. The molecule has 1 atom stereocenters. The molecule has 0 aromatic heterocycles. The van der Waals surface area contributed by atoms with Crippen LogP contribution in [0.1, 0.15) is 18.9 Å². The van der Waals surface area contributed by atoms with Gasteiger partial charge in [-0.15, -0.1) is 0 Å². The quantitative estimate of drug-likeness (QED) is 0.839. The minimum Gasteiger partial charge on any atom is -0.329 e. The van der Waals surface area contributed by atoms with Crippen LogP contribution < -0.4 is 5.73 Å². The first-order chi connectivity index (χ1) is 6.68. The van der Waals surface area contributed by atoms with Crippen molar-refractivity contribution in [2.45, 2.75) is 18.8 Å². The van der Waals surface area contributed by atoms with E-state index in [2.05, 4.69) is 15.9 Å². The summed E-state index contributed by atoms with van der Waals surface area (Å²) in [5.41, 5.74) is 6.12. The van der Waals surface area contributed by atoms with Crippen LogP contribution >= 0.6 is 15.9 Å². The molecule has 3 heteroatoms. The highest BCUT2D eigenvalue weighted by molar-refractivity contribution is 9.10. The molecule has 76 valence electrons. The second-order valence-corrected chi connectivity index (χ2v) is 4.26. The van der Waals surface area contributed by atoms with Gasteiger partial charge < -0.3 is 10.5 Å². The third-order valence-corrected chi connectivity index (χ3v) is 3.11. The van der Waals surface area contributed by atoms with Crippen molar-refractivity contribution in [3.05, 3.63) is 34.3 Å². The van der Waals surface area contributed by atoms with Crippen LogP contribution in [0.3, 0.4) is 0 Å². The summed E-state index contributed by atoms with van der Waals surface area (Å²) in [7, 11) is 0. The van der Waals surface area contributed by atoms with Crippen molar-refractivity contribution < 1.29 is 4.79 Å². The third-order valence-electron chi connectivity index (χ3n) is 2.62. The molecule has 1 rings (SSSR count).